The zero-order chi connectivity index (χ0) is 11.5. The van der Waals surface area contributed by atoms with Gasteiger partial charge < -0.3 is 0 Å². The first kappa shape index (κ1) is 13.1. The molecule has 86 valence electrons. The number of unbranched alkanes of at least 4 members (excludes halogenated alkanes) is 6. The molecule has 0 atom stereocenters. The van der Waals surface area contributed by atoms with E-state index in [9.17, 15) is 0 Å². The third-order valence-corrected chi connectivity index (χ3v) is 2.72. The van der Waals surface area contributed by atoms with Crippen LogP contribution in [0.3, 0.4) is 0 Å². The third-order valence-electron chi connectivity index (χ3n) is 2.72. The summed E-state index contributed by atoms with van der Waals surface area (Å²) in [6.45, 7) is 3.73. The van der Waals surface area contributed by atoms with Crippen LogP contribution in [0.5, 0.6) is 0 Å². The summed E-state index contributed by atoms with van der Waals surface area (Å²) in [6, 6.07) is 2.05. The van der Waals surface area contributed by atoms with Crippen LogP contribution in [0.15, 0.2) is 24.7 Å². The van der Waals surface area contributed by atoms with E-state index >= 15 is 0 Å². The van der Waals surface area contributed by atoms with Gasteiger partial charge in [-0.15, -0.1) is 6.58 Å². The van der Waals surface area contributed by atoms with Crippen molar-refractivity contribution >= 4 is 7.05 Å². The molecule has 2 nitrogen and oxygen atoms in total. The van der Waals surface area contributed by atoms with Gasteiger partial charge in [0.2, 0.25) is 0 Å². The van der Waals surface area contributed by atoms with Gasteiger partial charge in [0, 0.05) is 0 Å². The molecule has 0 radical (unpaired) electrons. The molecule has 1 rings (SSSR count). The molecular weight excluding hydrogens is 195 g/mol. The number of nitrogens with zero attached hydrogens (tertiary/aromatic N) is 2. The molecule has 0 aliphatic heterocycles. The number of allylic oxidation sites excluding steroid dienone is 1. The molecule has 3 heteroatoms. The zero-order valence-electron chi connectivity index (χ0n) is 10.1. The summed E-state index contributed by atoms with van der Waals surface area (Å²) in [5, 5.41) is 7.95. The zero-order valence-corrected chi connectivity index (χ0v) is 10.1. The molecule has 0 amide bonds. The van der Waals surface area contributed by atoms with Gasteiger partial charge in [-0.1, -0.05) is 0 Å². The number of aryl methyl sites for hydroxylation is 1. The molecule has 0 aliphatic carbocycles. The van der Waals surface area contributed by atoms with Gasteiger partial charge in [0.1, 0.15) is 0 Å². The van der Waals surface area contributed by atoms with Crippen LogP contribution in [0.2, 0.25) is 0 Å². The third kappa shape index (κ3) is 6.49. The van der Waals surface area contributed by atoms with Crippen LogP contribution in [-0.2, 0) is 6.42 Å². The van der Waals surface area contributed by atoms with Gasteiger partial charge in [-0.2, -0.15) is 0 Å². The Hall–Kier alpha value is -0.985. The molecule has 16 heavy (non-hydrogen) atoms. The van der Waals surface area contributed by atoms with Crippen LogP contribution in [-0.4, -0.2) is 17.2 Å². The summed E-state index contributed by atoms with van der Waals surface area (Å²) < 4.78 is 0. The molecule has 1 aromatic rings. The SMILES string of the molecule is C=CCCCCCCCCc1ccbnn1. The second-order valence-corrected chi connectivity index (χ2v) is 4.16. The Morgan fingerprint density at radius 2 is 1.88 bits per heavy atom. The van der Waals surface area contributed by atoms with E-state index in [2.05, 4.69) is 22.8 Å². The standard InChI is InChI=1S/C13H21BN2/c1-2-3-4-5-6-7-8-9-10-13-11-12-14-16-15-13/h2,11-12H,1,3-10H2. The second kappa shape index (κ2) is 9.26. The van der Waals surface area contributed by atoms with Gasteiger partial charge in [0.25, 0.3) is 0 Å². The summed E-state index contributed by atoms with van der Waals surface area (Å²) in [4.78, 5) is 0. The van der Waals surface area contributed by atoms with Crippen molar-refractivity contribution in [1.29, 1.82) is 0 Å². The van der Waals surface area contributed by atoms with Crippen molar-refractivity contribution in [1.82, 2.24) is 10.1 Å². The van der Waals surface area contributed by atoms with Crippen LogP contribution in [0.25, 0.3) is 0 Å². The van der Waals surface area contributed by atoms with Gasteiger partial charge in [0.15, 0.2) is 0 Å². The first-order valence-corrected chi connectivity index (χ1v) is 6.31. The summed E-state index contributed by atoms with van der Waals surface area (Å²) >= 11 is 0. The Labute approximate surface area is 99.4 Å². The van der Waals surface area contributed by atoms with E-state index in [0.29, 0.717) is 0 Å². The monoisotopic (exact) mass is 216 g/mol. The molecule has 0 bridgehead atoms. The van der Waals surface area contributed by atoms with E-state index in [0.717, 1.165) is 12.1 Å². The van der Waals surface area contributed by atoms with E-state index in [4.69, 9.17) is 0 Å². The summed E-state index contributed by atoms with van der Waals surface area (Å²) in [5.41, 5.74) is 1.12. The van der Waals surface area contributed by atoms with Crippen molar-refractivity contribution in [2.75, 3.05) is 0 Å². The van der Waals surface area contributed by atoms with E-state index in [1.165, 1.54) is 44.9 Å². The Kier molecular flexibility index (Phi) is 7.57. The minimum absolute atomic E-state index is 1.07. The maximum atomic E-state index is 4.08. The first-order valence-electron chi connectivity index (χ1n) is 6.31. The van der Waals surface area contributed by atoms with Gasteiger partial charge in [0.05, 0.1) is 0 Å². The predicted molar refractivity (Wildman–Crippen MR) is 69.6 cm³/mol. The van der Waals surface area contributed by atoms with Crippen molar-refractivity contribution in [3.05, 3.63) is 30.4 Å². The Balaban J connectivity index is 1.90. The fourth-order valence-corrected chi connectivity index (χ4v) is 1.77. The molecule has 0 saturated carbocycles. The van der Waals surface area contributed by atoms with Crippen LogP contribution in [0.1, 0.15) is 50.6 Å². The van der Waals surface area contributed by atoms with Crippen molar-refractivity contribution in [2.24, 2.45) is 0 Å². The normalized spacial score (nSPS) is 10.0. The molecule has 0 spiro atoms. The Morgan fingerprint density at radius 3 is 2.56 bits per heavy atom. The van der Waals surface area contributed by atoms with E-state index in [1.807, 2.05) is 12.0 Å². The fraction of sp³-hybridized carbons (Fsp3) is 0.615. The fourth-order valence-electron chi connectivity index (χ4n) is 1.77. The summed E-state index contributed by atoms with van der Waals surface area (Å²) in [6.07, 6.45) is 12.1. The van der Waals surface area contributed by atoms with Gasteiger partial charge in [-0.05, 0) is 0 Å². The molecule has 0 aromatic carbocycles. The maximum absolute atomic E-state index is 4.08. The average Bonchev–Trinajstić information content (AvgIpc) is 2.34. The summed E-state index contributed by atoms with van der Waals surface area (Å²) in [7, 11) is 1.73. The minimum atomic E-state index is 1.07. The number of hydrogen-bond donors (Lipinski definition) is 0. The van der Waals surface area contributed by atoms with E-state index < -0.39 is 0 Å². The van der Waals surface area contributed by atoms with E-state index in [1.54, 1.807) is 7.05 Å². The van der Waals surface area contributed by atoms with Crippen LogP contribution >= 0.6 is 0 Å². The molecule has 1 heterocycles. The summed E-state index contributed by atoms with van der Waals surface area (Å²) in [5.74, 6) is 1.96. The first-order chi connectivity index (χ1) is 7.93. The topological polar surface area (TPSA) is 25.8 Å². The molecular formula is C13H21BN2. The second-order valence-electron chi connectivity index (χ2n) is 4.16. The predicted octanol–water partition coefficient (Wildman–Crippen LogP) is 3.27. The van der Waals surface area contributed by atoms with Crippen LogP contribution in [0, 0.1) is 0 Å². The quantitative estimate of drug-likeness (QED) is 0.467. The molecule has 1 aromatic heterocycles. The van der Waals surface area contributed by atoms with Crippen LogP contribution < -0.4 is 0 Å². The molecule has 0 aliphatic rings. The van der Waals surface area contributed by atoms with Crippen LogP contribution in [0.4, 0.5) is 0 Å². The van der Waals surface area contributed by atoms with Crippen molar-refractivity contribution < 1.29 is 0 Å². The van der Waals surface area contributed by atoms with Gasteiger partial charge in [-0.3, -0.25) is 0 Å². The Morgan fingerprint density at radius 1 is 1.12 bits per heavy atom. The van der Waals surface area contributed by atoms with Crippen molar-refractivity contribution in [2.45, 2.75) is 51.4 Å². The molecule has 0 unspecified atom stereocenters. The Bertz CT molecular complexity index is 275. The van der Waals surface area contributed by atoms with Gasteiger partial charge >= 0.3 is 92.3 Å². The number of hydrogen-bond acceptors (Lipinski definition) is 2. The molecule has 0 N–H and O–H groups in total. The van der Waals surface area contributed by atoms with Crippen molar-refractivity contribution in [3.63, 3.8) is 0 Å². The van der Waals surface area contributed by atoms with Crippen molar-refractivity contribution in [3.8, 4) is 0 Å². The van der Waals surface area contributed by atoms with E-state index in [-0.39, 0.29) is 0 Å². The number of aromatic nitrogens is 2. The number of rotatable bonds is 9. The average molecular weight is 216 g/mol. The van der Waals surface area contributed by atoms with Gasteiger partial charge in [-0.25, -0.2) is 0 Å². The molecule has 0 saturated heterocycles. The molecule has 0 fully saturated rings.